The van der Waals surface area contributed by atoms with Crippen LogP contribution in [-0.2, 0) is 0 Å². The third-order valence-electron chi connectivity index (χ3n) is 3.29. The number of benzene rings is 1. The summed E-state index contributed by atoms with van der Waals surface area (Å²) in [4.78, 5) is 0.481. The summed E-state index contributed by atoms with van der Waals surface area (Å²) < 4.78 is 18.5. The topological polar surface area (TPSA) is 9.23 Å². The van der Waals surface area contributed by atoms with Gasteiger partial charge in [-0.1, -0.05) is 34.8 Å². The van der Waals surface area contributed by atoms with Crippen molar-refractivity contribution in [2.24, 2.45) is 0 Å². The normalized spacial score (nSPS) is 25.4. The molecule has 0 aromatic heterocycles. The van der Waals surface area contributed by atoms with Crippen molar-refractivity contribution in [2.45, 2.75) is 36.4 Å². The molecule has 0 radical (unpaired) electrons. The van der Waals surface area contributed by atoms with Gasteiger partial charge in [-0.15, -0.1) is 0 Å². The Balaban J connectivity index is 2.22. The quantitative estimate of drug-likeness (QED) is 0.739. The van der Waals surface area contributed by atoms with Gasteiger partial charge in [0, 0.05) is 4.83 Å². The maximum Gasteiger partial charge on any atom is 0.165 e. The molecule has 1 aliphatic carbocycles. The molecule has 0 saturated heterocycles. The van der Waals surface area contributed by atoms with E-state index < -0.39 is 0 Å². The van der Waals surface area contributed by atoms with Gasteiger partial charge in [0.15, 0.2) is 11.6 Å². The van der Waals surface area contributed by atoms with Crippen LogP contribution in [0, 0.1) is 5.82 Å². The Kier molecular flexibility index (Phi) is 3.85. The van der Waals surface area contributed by atoms with Crippen LogP contribution in [0.4, 0.5) is 4.39 Å². The van der Waals surface area contributed by atoms with Gasteiger partial charge in [-0.25, -0.2) is 4.39 Å². The summed E-state index contributed by atoms with van der Waals surface area (Å²) in [5, 5.41) is 0. The summed E-state index contributed by atoms with van der Waals surface area (Å²) in [6.45, 7) is 0. The van der Waals surface area contributed by atoms with Crippen molar-refractivity contribution in [2.75, 3.05) is 7.11 Å². The van der Waals surface area contributed by atoms with Gasteiger partial charge in [-0.2, -0.15) is 0 Å². The van der Waals surface area contributed by atoms with E-state index in [1.54, 1.807) is 12.1 Å². The first-order valence-electron chi connectivity index (χ1n) is 5.70. The monoisotopic (exact) mass is 286 g/mol. The van der Waals surface area contributed by atoms with Crippen molar-refractivity contribution in [1.82, 2.24) is 0 Å². The van der Waals surface area contributed by atoms with Crippen molar-refractivity contribution in [3.8, 4) is 5.75 Å². The summed E-state index contributed by atoms with van der Waals surface area (Å²) >= 11 is 3.70. The Morgan fingerprint density at radius 3 is 2.69 bits per heavy atom. The minimum Gasteiger partial charge on any atom is -0.494 e. The second-order valence-corrected chi connectivity index (χ2v) is 5.48. The largest absolute Gasteiger partial charge is 0.494 e. The highest BCUT2D eigenvalue weighted by molar-refractivity contribution is 9.09. The molecule has 1 aliphatic rings. The molecule has 0 heterocycles. The predicted molar refractivity (Wildman–Crippen MR) is 66.9 cm³/mol. The van der Waals surface area contributed by atoms with Gasteiger partial charge in [0.2, 0.25) is 0 Å². The van der Waals surface area contributed by atoms with E-state index in [1.165, 1.54) is 26.4 Å². The van der Waals surface area contributed by atoms with Crippen LogP contribution in [-0.4, -0.2) is 11.9 Å². The minimum atomic E-state index is -0.259. The van der Waals surface area contributed by atoms with Crippen LogP contribution in [0.25, 0.3) is 0 Å². The Hall–Kier alpha value is -0.570. The number of rotatable bonds is 2. The van der Waals surface area contributed by atoms with E-state index in [0.717, 1.165) is 12.0 Å². The van der Waals surface area contributed by atoms with Crippen molar-refractivity contribution in [1.29, 1.82) is 0 Å². The third kappa shape index (κ3) is 2.40. The van der Waals surface area contributed by atoms with Crippen LogP contribution in [0.3, 0.4) is 0 Å². The van der Waals surface area contributed by atoms with Gasteiger partial charge in [0.25, 0.3) is 0 Å². The van der Waals surface area contributed by atoms with Crippen molar-refractivity contribution < 1.29 is 9.13 Å². The highest BCUT2D eigenvalue weighted by Crippen LogP contribution is 2.38. The molecule has 1 fully saturated rings. The summed E-state index contributed by atoms with van der Waals surface area (Å²) in [5.41, 5.74) is 1.08. The smallest absolute Gasteiger partial charge is 0.165 e. The molecule has 2 atom stereocenters. The standard InChI is InChI=1S/C13H16BrFO/c1-16-13-7-6-9(8-12(13)15)10-4-2-3-5-11(10)14/h6-8,10-11H,2-5H2,1H3. The van der Waals surface area contributed by atoms with Gasteiger partial charge < -0.3 is 4.74 Å². The van der Waals surface area contributed by atoms with Gasteiger partial charge >= 0.3 is 0 Å². The Bertz CT molecular complexity index is 367. The zero-order chi connectivity index (χ0) is 11.5. The molecule has 0 amide bonds. The molecule has 0 aliphatic heterocycles. The molecule has 1 aromatic rings. The van der Waals surface area contributed by atoms with Crippen LogP contribution in [0.1, 0.15) is 37.2 Å². The molecule has 1 aromatic carbocycles. The number of halogens is 2. The average Bonchev–Trinajstić information content (AvgIpc) is 2.29. The number of hydrogen-bond acceptors (Lipinski definition) is 1. The average molecular weight is 287 g/mol. The molecule has 2 rings (SSSR count). The number of ether oxygens (including phenoxy) is 1. The van der Waals surface area contributed by atoms with Gasteiger partial charge in [-0.3, -0.25) is 0 Å². The molecule has 2 unspecified atom stereocenters. The van der Waals surface area contributed by atoms with E-state index >= 15 is 0 Å². The zero-order valence-corrected chi connectivity index (χ0v) is 11.0. The molecule has 88 valence electrons. The first-order valence-corrected chi connectivity index (χ1v) is 6.61. The maximum absolute atomic E-state index is 13.6. The molecule has 0 N–H and O–H groups in total. The zero-order valence-electron chi connectivity index (χ0n) is 9.38. The molecule has 3 heteroatoms. The Morgan fingerprint density at radius 1 is 1.31 bits per heavy atom. The van der Waals surface area contributed by atoms with Crippen molar-refractivity contribution >= 4 is 15.9 Å². The fraction of sp³-hybridized carbons (Fsp3) is 0.538. The molecular weight excluding hydrogens is 271 g/mol. The van der Waals surface area contributed by atoms with Crippen LogP contribution in [0.2, 0.25) is 0 Å². The number of methoxy groups -OCH3 is 1. The fourth-order valence-electron chi connectivity index (χ4n) is 2.37. The van der Waals surface area contributed by atoms with Gasteiger partial charge in [0.05, 0.1) is 7.11 Å². The van der Waals surface area contributed by atoms with Crippen LogP contribution >= 0.6 is 15.9 Å². The first-order chi connectivity index (χ1) is 7.72. The predicted octanol–water partition coefficient (Wildman–Crippen LogP) is 4.26. The molecule has 1 saturated carbocycles. The molecule has 0 bridgehead atoms. The molecule has 16 heavy (non-hydrogen) atoms. The van der Waals surface area contributed by atoms with Crippen molar-refractivity contribution in [3.05, 3.63) is 29.6 Å². The number of alkyl halides is 1. The van der Waals surface area contributed by atoms with Crippen LogP contribution in [0.5, 0.6) is 5.75 Å². The van der Waals surface area contributed by atoms with E-state index in [-0.39, 0.29) is 5.82 Å². The summed E-state index contributed by atoms with van der Waals surface area (Å²) in [5.74, 6) is 0.505. The molecule has 1 nitrogen and oxygen atoms in total. The van der Waals surface area contributed by atoms with Gasteiger partial charge in [-0.05, 0) is 36.5 Å². The van der Waals surface area contributed by atoms with E-state index in [0.29, 0.717) is 16.5 Å². The Morgan fingerprint density at radius 2 is 2.06 bits per heavy atom. The lowest BCUT2D eigenvalue weighted by Crippen LogP contribution is -2.17. The Labute approximate surface area is 104 Å². The summed E-state index contributed by atoms with van der Waals surface area (Å²) in [7, 11) is 1.49. The fourth-order valence-corrected chi connectivity index (χ4v) is 3.27. The van der Waals surface area contributed by atoms with Gasteiger partial charge in [0.1, 0.15) is 0 Å². The summed E-state index contributed by atoms with van der Waals surface area (Å²) in [6.07, 6.45) is 4.82. The SMILES string of the molecule is COc1ccc(C2CCCCC2Br)cc1F. The minimum absolute atomic E-state index is 0.259. The van der Waals surface area contributed by atoms with E-state index in [1.807, 2.05) is 6.07 Å². The molecular formula is C13H16BrFO. The van der Waals surface area contributed by atoms with E-state index in [2.05, 4.69) is 15.9 Å². The van der Waals surface area contributed by atoms with E-state index in [9.17, 15) is 4.39 Å². The lowest BCUT2D eigenvalue weighted by Gasteiger charge is -2.27. The summed E-state index contributed by atoms with van der Waals surface area (Å²) in [6, 6.07) is 5.31. The first kappa shape index (κ1) is 11.9. The highest BCUT2D eigenvalue weighted by atomic mass is 79.9. The highest BCUT2D eigenvalue weighted by Gasteiger charge is 2.24. The number of hydrogen-bond donors (Lipinski definition) is 0. The lowest BCUT2D eigenvalue weighted by molar-refractivity contribution is 0.384. The second kappa shape index (κ2) is 5.17. The maximum atomic E-state index is 13.6. The van der Waals surface area contributed by atoms with E-state index in [4.69, 9.17) is 4.74 Å². The van der Waals surface area contributed by atoms with Crippen LogP contribution < -0.4 is 4.74 Å². The second-order valence-electron chi connectivity index (χ2n) is 4.30. The van der Waals surface area contributed by atoms with Crippen LogP contribution in [0.15, 0.2) is 18.2 Å². The third-order valence-corrected chi connectivity index (χ3v) is 4.38. The lowest BCUT2D eigenvalue weighted by atomic mass is 9.84. The van der Waals surface area contributed by atoms with Crippen molar-refractivity contribution in [3.63, 3.8) is 0 Å². The molecule has 0 spiro atoms.